The summed E-state index contributed by atoms with van der Waals surface area (Å²) in [6.07, 6.45) is 2.46. The van der Waals surface area contributed by atoms with Crippen LogP contribution in [0.2, 0.25) is 0 Å². The summed E-state index contributed by atoms with van der Waals surface area (Å²) in [4.78, 5) is 6.92. The molecule has 2 rings (SSSR count). The van der Waals surface area contributed by atoms with Gasteiger partial charge in [0.25, 0.3) is 0 Å². The van der Waals surface area contributed by atoms with E-state index in [1.807, 2.05) is 6.07 Å². The number of rotatable bonds is 5. The number of likely N-dealkylation sites (tertiary alicyclic amines) is 1. The van der Waals surface area contributed by atoms with E-state index in [9.17, 15) is 4.39 Å². The maximum Gasteiger partial charge on any atom is 0.191 e. The molecular formula is C17H28FIN4. The minimum Gasteiger partial charge on any atom is -0.357 e. The number of nitrogens with zero attached hydrogens (tertiary/aromatic N) is 2. The number of hydrogen-bond donors (Lipinski definition) is 2. The van der Waals surface area contributed by atoms with Crippen molar-refractivity contribution in [1.82, 2.24) is 15.5 Å². The number of guanidine groups is 1. The summed E-state index contributed by atoms with van der Waals surface area (Å²) >= 11 is 0. The molecule has 1 heterocycles. The van der Waals surface area contributed by atoms with E-state index >= 15 is 0 Å². The number of nitrogens with one attached hydrogen (secondary N) is 2. The van der Waals surface area contributed by atoms with Crippen molar-refractivity contribution < 1.29 is 4.39 Å². The van der Waals surface area contributed by atoms with Crippen molar-refractivity contribution in [2.75, 3.05) is 33.2 Å². The smallest absolute Gasteiger partial charge is 0.191 e. The predicted molar refractivity (Wildman–Crippen MR) is 105 cm³/mol. The molecule has 6 heteroatoms. The molecule has 1 aromatic carbocycles. The third-order valence-corrected chi connectivity index (χ3v) is 4.05. The molecular weight excluding hydrogens is 406 g/mol. The molecule has 0 saturated carbocycles. The Balaban J connectivity index is 0.00000264. The van der Waals surface area contributed by atoms with E-state index in [1.165, 1.54) is 38.1 Å². The normalized spacial score (nSPS) is 16.7. The van der Waals surface area contributed by atoms with Gasteiger partial charge in [0, 0.05) is 13.1 Å². The van der Waals surface area contributed by atoms with E-state index in [4.69, 9.17) is 0 Å². The van der Waals surface area contributed by atoms with Crippen LogP contribution in [-0.2, 0) is 6.54 Å². The van der Waals surface area contributed by atoms with Gasteiger partial charge in [-0.1, -0.05) is 12.1 Å². The standard InChI is InChI=1S/C17H27FN4.HI/c1-3-19-17(20-12-14-7-9-22(2)10-8-14)21-13-15-5-4-6-16(18)11-15;/h4-6,11,14H,3,7-10,12-13H2,1-2H3,(H2,19,20,21);1H. The fraction of sp³-hybridized carbons (Fsp3) is 0.588. The minimum atomic E-state index is -0.211. The maximum atomic E-state index is 13.2. The van der Waals surface area contributed by atoms with Crippen molar-refractivity contribution in [3.63, 3.8) is 0 Å². The third kappa shape index (κ3) is 7.48. The summed E-state index contributed by atoms with van der Waals surface area (Å²) < 4.78 is 13.2. The Morgan fingerprint density at radius 1 is 1.30 bits per heavy atom. The quantitative estimate of drug-likeness (QED) is 0.426. The van der Waals surface area contributed by atoms with Gasteiger partial charge in [0.05, 0.1) is 6.54 Å². The van der Waals surface area contributed by atoms with Gasteiger partial charge in [0.2, 0.25) is 0 Å². The van der Waals surface area contributed by atoms with Gasteiger partial charge in [0.15, 0.2) is 5.96 Å². The predicted octanol–water partition coefficient (Wildman–Crippen LogP) is 2.84. The lowest BCUT2D eigenvalue weighted by Crippen LogP contribution is -2.42. The first-order valence-electron chi connectivity index (χ1n) is 8.12. The van der Waals surface area contributed by atoms with Gasteiger partial charge in [-0.2, -0.15) is 0 Å². The van der Waals surface area contributed by atoms with Crippen molar-refractivity contribution in [3.05, 3.63) is 35.6 Å². The number of halogens is 2. The highest BCUT2D eigenvalue weighted by Crippen LogP contribution is 2.14. The van der Waals surface area contributed by atoms with E-state index in [1.54, 1.807) is 6.07 Å². The van der Waals surface area contributed by atoms with E-state index < -0.39 is 0 Å². The van der Waals surface area contributed by atoms with Crippen LogP contribution in [-0.4, -0.2) is 44.1 Å². The molecule has 0 spiro atoms. The van der Waals surface area contributed by atoms with Crippen molar-refractivity contribution in [1.29, 1.82) is 0 Å². The second kappa shape index (κ2) is 10.8. The summed E-state index contributed by atoms with van der Waals surface area (Å²) in [6.45, 7) is 6.65. The number of piperidine rings is 1. The Hall–Kier alpha value is -0.890. The second-order valence-corrected chi connectivity index (χ2v) is 5.95. The number of benzene rings is 1. The zero-order chi connectivity index (χ0) is 15.8. The molecule has 0 unspecified atom stereocenters. The van der Waals surface area contributed by atoms with E-state index in [-0.39, 0.29) is 29.8 Å². The highest BCUT2D eigenvalue weighted by Gasteiger charge is 2.16. The largest absolute Gasteiger partial charge is 0.357 e. The molecule has 1 aliphatic rings. The van der Waals surface area contributed by atoms with Crippen molar-refractivity contribution in [3.8, 4) is 0 Å². The first kappa shape index (κ1) is 20.2. The van der Waals surface area contributed by atoms with E-state index in [2.05, 4.69) is 34.5 Å². The van der Waals surface area contributed by atoms with Crippen LogP contribution in [0.4, 0.5) is 4.39 Å². The topological polar surface area (TPSA) is 39.7 Å². The van der Waals surface area contributed by atoms with Gasteiger partial charge in [-0.05, 0) is 63.5 Å². The minimum absolute atomic E-state index is 0. The lowest BCUT2D eigenvalue weighted by molar-refractivity contribution is 0.220. The van der Waals surface area contributed by atoms with Crippen LogP contribution in [0, 0.1) is 11.7 Å². The van der Waals surface area contributed by atoms with E-state index in [0.717, 1.165) is 24.6 Å². The van der Waals surface area contributed by atoms with Gasteiger partial charge >= 0.3 is 0 Å². The maximum absolute atomic E-state index is 13.2. The molecule has 0 atom stereocenters. The summed E-state index contributed by atoms with van der Waals surface area (Å²) in [5.74, 6) is 1.30. The van der Waals surface area contributed by atoms with Crippen LogP contribution in [0.25, 0.3) is 0 Å². The molecule has 4 nitrogen and oxygen atoms in total. The lowest BCUT2D eigenvalue weighted by atomic mass is 9.97. The van der Waals surface area contributed by atoms with Gasteiger partial charge in [0.1, 0.15) is 5.82 Å². The van der Waals surface area contributed by atoms with Crippen molar-refractivity contribution >= 4 is 29.9 Å². The van der Waals surface area contributed by atoms with Gasteiger partial charge in [-0.15, -0.1) is 24.0 Å². The third-order valence-electron chi connectivity index (χ3n) is 4.05. The van der Waals surface area contributed by atoms with Crippen molar-refractivity contribution in [2.45, 2.75) is 26.3 Å². The van der Waals surface area contributed by atoms with E-state index in [0.29, 0.717) is 12.5 Å². The van der Waals surface area contributed by atoms with Crippen molar-refractivity contribution in [2.24, 2.45) is 10.9 Å². The molecule has 0 radical (unpaired) electrons. The number of hydrogen-bond acceptors (Lipinski definition) is 2. The zero-order valence-corrected chi connectivity index (χ0v) is 16.3. The molecule has 0 bridgehead atoms. The molecule has 0 aliphatic carbocycles. The van der Waals surface area contributed by atoms with Crippen LogP contribution in [0.15, 0.2) is 29.3 Å². The Kier molecular flexibility index (Phi) is 9.47. The molecule has 1 fully saturated rings. The first-order chi connectivity index (χ1) is 10.7. The van der Waals surface area contributed by atoms with Gasteiger partial charge < -0.3 is 15.5 Å². The molecule has 23 heavy (non-hydrogen) atoms. The zero-order valence-electron chi connectivity index (χ0n) is 14.0. The summed E-state index contributed by atoms with van der Waals surface area (Å²) in [5, 5.41) is 6.67. The molecule has 130 valence electrons. The molecule has 0 aromatic heterocycles. The Morgan fingerprint density at radius 3 is 2.70 bits per heavy atom. The Morgan fingerprint density at radius 2 is 2.04 bits per heavy atom. The molecule has 1 saturated heterocycles. The molecule has 0 amide bonds. The monoisotopic (exact) mass is 434 g/mol. The fourth-order valence-electron chi connectivity index (χ4n) is 2.65. The van der Waals surface area contributed by atoms with Gasteiger partial charge in [-0.3, -0.25) is 0 Å². The Labute approximate surface area is 156 Å². The van der Waals surface area contributed by atoms with Gasteiger partial charge in [-0.25, -0.2) is 9.38 Å². The van der Waals surface area contributed by atoms with Crippen LogP contribution >= 0.6 is 24.0 Å². The molecule has 2 N–H and O–H groups in total. The van der Waals surface area contributed by atoms with Crippen LogP contribution < -0.4 is 10.6 Å². The molecule has 1 aromatic rings. The Bertz CT molecular complexity index is 487. The number of aliphatic imine (C=N–C) groups is 1. The fourth-order valence-corrected chi connectivity index (χ4v) is 2.65. The first-order valence-corrected chi connectivity index (χ1v) is 8.12. The summed E-state index contributed by atoms with van der Waals surface area (Å²) in [5.41, 5.74) is 0.886. The highest BCUT2D eigenvalue weighted by molar-refractivity contribution is 14.0. The summed E-state index contributed by atoms with van der Waals surface area (Å²) in [6, 6.07) is 6.60. The van der Waals surface area contributed by atoms with Crippen LogP contribution in [0.1, 0.15) is 25.3 Å². The molecule has 1 aliphatic heterocycles. The average Bonchev–Trinajstić information content (AvgIpc) is 2.52. The second-order valence-electron chi connectivity index (χ2n) is 5.95. The average molecular weight is 434 g/mol. The highest BCUT2D eigenvalue weighted by atomic mass is 127. The van der Waals surface area contributed by atoms with Crippen LogP contribution in [0.5, 0.6) is 0 Å². The summed E-state index contributed by atoms with van der Waals surface area (Å²) in [7, 11) is 2.17. The van der Waals surface area contributed by atoms with Crippen LogP contribution in [0.3, 0.4) is 0 Å². The SMILES string of the molecule is CCNC(=NCc1cccc(F)c1)NCC1CCN(C)CC1.I. The lowest BCUT2D eigenvalue weighted by Gasteiger charge is -2.29.